The van der Waals surface area contributed by atoms with Gasteiger partial charge in [-0.2, -0.15) is 0 Å². The summed E-state index contributed by atoms with van der Waals surface area (Å²) in [6, 6.07) is 12.2. The third-order valence-electron chi connectivity index (χ3n) is 9.22. The van der Waals surface area contributed by atoms with Gasteiger partial charge in [0.1, 0.15) is 5.82 Å². The Morgan fingerprint density at radius 1 is 1.05 bits per heavy atom. The summed E-state index contributed by atoms with van der Waals surface area (Å²) >= 11 is 0. The summed E-state index contributed by atoms with van der Waals surface area (Å²) in [6.45, 7) is 19.9. The number of ether oxygens (including phenoxy) is 1. The highest BCUT2D eigenvalue weighted by Crippen LogP contribution is 2.45. The Morgan fingerprint density at radius 2 is 1.75 bits per heavy atom. The van der Waals surface area contributed by atoms with Gasteiger partial charge in [-0.1, -0.05) is 50.2 Å². The summed E-state index contributed by atoms with van der Waals surface area (Å²) in [6.07, 6.45) is 1.76. The van der Waals surface area contributed by atoms with Gasteiger partial charge in [0.2, 0.25) is 0 Å². The van der Waals surface area contributed by atoms with Crippen molar-refractivity contribution in [1.29, 1.82) is 0 Å². The summed E-state index contributed by atoms with van der Waals surface area (Å²) in [5.74, 6) is -1.12. The van der Waals surface area contributed by atoms with Gasteiger partial charge < -0.3 is 14.7 Å². The van der Waals surface area contributed by atoms with E-state index in [1.54, 1.807) is 0 Å². The Morgan fingerprint density at radius 3 is 2.41 bits per heavy atom. The van der Waals surface area contributed by atoms with Crippen LogP contribution in [0.3, 0.4) is 0 Å². The molecule has 1 N–H and O–H groups in total. The molecule has 0 bridgehead atoms. The maximum Gasteiger partial charge on any atom is 0.337 e. The third kappa shape index (κ3) is 6.84. The first kappa shape index (κ1) is 32.1. The van der Waals surface area contributed by atoms with Crippen molar-refractivity contribution in [1.82, 2.24) is 9.88 Å². The Labute approximate surface area is 262 Å². The summed E-state index contributed by atoms with van der Waals surface area (Å²) in [7, 11) is 0. The number of rotatable bonds is 7. The van der Waals surface area contributed by atoms with E-state index >= 15 is 0 Å². The van der Waals surface area contributed by atoms with Crippen LogP contribution >= 0.6 is 0 Å². The maximum absolute atomic E-state index is 14.7. The van der Waals surface area contributed by atoms with Gasteiger partial charge in [0.05, 0.1) is 11.3 Å². The lowest BCUT2D eigenvalue weighted by molar-refractivity contribution is -0.160. The number of pyridine rings is 1. The molecule has 3 aromatic rings. The van der Waals surface area contributed by atoms with Crippen LogP contribution in [0.2, 0.25) is 0 Å². The molecule has 0 aliphatic carbocycles. The number of carboxylic acid groups (broad SMARTS) is 1. The minimum Gasteiger partial charge on any atom is -0.479 e. The molecule has 236 valence electrons. The van der Waals surface area contributed by atoms with Crippen LogP contribution < -0.4 is 4.90 Å². The molecule has 1 unspecified atom stereocenters. The highest BCUT2D eigenvalue weighted by atomic mass is 19.1. The predicted molar refractivity (Wildman–Crippen MR) is 175 cm³/mol. The molecule has 2 aliphatic heterocycles. The first-order valence-corrected chi connectivity index (χ1v) is 15.9. The second-order valence-electron chi connectivity index (χ2n) is 14.5. The lowest BCUT2D eigenvalue weighted by Crippen LogP contribution is -2.39. The van der Waals surface area contributed by atoms with Crippen molar-refractivity contribution in [2.45, 2.75) is 99.4 Å². The number of hydrogen-bond acceptors (Lipinski definition) is 5. The number of anilines is 1. The lowest BCUT2D eigenvalue weighted by Gasteiger charge is -2.41. The van der Waals surface area contributed by atoms with Crippen molar-refractivity contribution in [3.05, 3.63) is 81.4 Å². The minimum atomic E-state index is -1.14. The van der Waals surface area contributed by atoms with E-state index < -0.39 is 17.7 Å². The molecular formula is C37H48FN3O3. The van der Waals surface area contributed by atoms with Gasteiger partial charge in [0.25, 0.3) is 0 Å². The van der Waals surface area contributed by atoms with Crippen molar-refractivity contribution in [3.63, 3.8) is 0 Å². The molecular weight excluding hydrogens is 553 g/mol. The van der Waals surface area contributed by atoms with E-state index in [2.05, 4.69) is 41.8 Å². The zero-order valence-electron chi connectivity index (χ0n) is 27.7. The minimum absolute atomic E-state index is 0.115. The number of aryl methyl sites for hydroxylation is 3. The first-order valence-electron chi connectivity index (χ1n) is 15.9. The number of halogens is 1. The van der Waals surface area contributed by atoms with Crippen molar-refractivity contribution >= 4 is 11.7 Å². The fourth-order valence-electron chi connectivity index (χ4n) is 6.73. The monoisotopic (exact) mass is 601 g/mol. The Balaban J connectivity index is 1.57. The molecule has 1 fully saturated rings. The second kappa shape index (κ2) is 12.2. The fraction of sp³-hybridized carbons (Fsp3) is 0.514. The molecule has 0 amide bonds. The number of carbonyl (C=O) groups is 1. The molecule has 44 heavy (non-hydrogen) atoms. The smallest absolute Gasteiger partial charge is 0.337 e. The second-order valence-corrected chi connectivity index (χ2v) is 14.5. The Bertz CT molecular complexity index is 1550. The summed E-state index contributed by atoms with van der Waals surface area (Å²) in [5.41, 5.74) is 8.72. The molecule has 0 saturated carbocycles. The zero-order valence-corrected chi connectivity index (χ0v) is 27.7. The molecule has 6 nitrogen and oxygen atoms in total. The van der Waals surface area contributed by atoms with Crippen LogP contribution in [0.1, 0.15) is 92.8 Å². The van der Waals surface area contributed by atoms with Gasteiger partial charge in [-0.3, -0.25) is 9.88 Å². The number of carboxylic acids is 1. The Hall–Kier alpha value is -3.29. The summed E-state index contributed by atoms with van der Waals surface area (Å²) in [4.78, 5) is 22.4. The van der Waals surface area contributed by atoms with Gasteiger partial charge in [-0.25, -0.2) is 9.18 Å². The van der Waals surface area contributed by atoms with Crippen LogP contribution in [0.15, 0.2) is 36.4 Å². The van der Waals surface area contributed by atoms with E-state index in [1.807, 2.05) is 59.7 Å². The molecule has 1 saturated heterocycles. The van der Waals surface area contributed by atoms with Crippen molar-refractivity contribution in [2.75, 3.05) is 24.5 Å². The normalized spacial score (nSPS) is 17.8. The molecule has 1 atom stereocenters. The number of benzene rings is 2. The molecule has 0 spiro atoms. The van der Waals surface area contributed by atoms with Crippen LogP contribution in [0.4, 0.5) is 10.1 Å². The first-order chi connectivity index (χ1) is 20.6. The van der Waals surface area contributed by atoms with Crippen molar-refractivity contribution in [3.8, 4) is 11.1 Å². The summed E-state index contributed by atoms with van der Waals surface area (Å²) in [5, 5.41) is 10.5. The van der Waals surface area contributed by atoms with Crippen molar-refractivity contribution < 1.29 is 19.0 Å². The Kier molecular flexibility index (Phi) is 8.94. The number of fused-ring (bicyclic) bond motifs is 1. The number of nitrogens with zero attached hydrogens (tertiary/aromatic N) is 3. The number of aromatic nitrogens is 1. The van der Waals surface area contributed by atoms with Crippen LogP contribution in [0, 0.1) is 32.0 Å². The average Bonchev–Trinajstić information content (AvgIpc) is 2.93. The van der Waals surface area contributed by atoms with Crippen LogP contribution in [0.5, 0.6) is 0 Å². The van der Waals surface area contributed by atoms with Crippen LogP contribution in [-0.2, 0) is 29.0 Å². The summed E-state index contributed by atoms with van der Waals surface area (Å²) < 4.78 is 21.0. The van der Waals surface area contributed by atoms with Gasteiger partial charge in [-0.15, -0.1) is 0 Å². The SMILES string of the molecule is Cc1cccc(CN2CCc3cc(-c4c(C)nc(C)c(C(OC(C)(C)C)C(=O)O)c4N4CCC(C)(C)CC4)ccc3C2)c1F. The van der Waals surface area contributed by atoms with Crippen LogP contribution in [0.25, 0.3) is 11.1 Å². The van der Waals surface area contributed by atoms with Gasteiger partial charge in [-0.05, 0) is 88.5 Å². The standard InChI is InChI=1S/C37H48FN3O3/c1-23-10-9-11-29(32(23)38)22-40-17-14-26-20-27(12-13-28(26)21-40)30-24(2)39-25(3)31(34(35(42)43)44-36(4,5)6)33(30)41-18-15-37(7,8)16-19-41/h9-13,20,34H,14-19,21-22H2,1-8H3,(H,42,43). The van der Waals surface area contributed by atoms with Gasteiger partial charge >= 0.3 is 5.97 Å². The number of piperidine rings is 1. The molecule has 3 heterocycles. The lowest BCUT2D eigenvalue weighted by atomic mass is 9.81. The third-order valence-corrected chi connectivity index (χ3v) is 9.22. The highest BCUT2D eigenvalue weighted by molar-refractivity contribution is 5.88. The van der Waals surface area contributed by atoms with Crippen molar-refractivity contribution in [2.24, 2.45) is 5.41 Å². The van der Waals surface area contributed by atoms with Gasteiger partial charge in [0.15, 0.2) is 6.10 Å². The molecule has 7 heteroatoms. The molecule has 1 aromatic heterocycles. The molecule has 0 radical (unpaired) electrons. The van der Waals surface area contributed by atoms with E-state index in [-0.39, 0.29) is 11.2 Å². The quantitative estimate of drug-likeness (QED) is 0.297. The van der Waals surface area contributed by atoms with E-state index in [9.17, 15) is 14.3 Å². The van der Waals surface area contributed by atoms with E-state index in [4.69, 9.17) is 9.72 Å². The topological polar surface area (TPSA) is 65.9 Å². The average molecular weight is 602 g/mol. The van der Waals surface area contributed by atoms with E-state index in [1.165, 1.54) is 11.1 Å². The van der Waals surface area contributed by atoms with Gasteiger partial charge in [0, 0.05) is 60.8 Å². The maximum atomic E-state index is 14.7. The fourth-order valence-corrected chi connectivity index (χ4v) is 6.73. The largest absolute Gasteiger partial charge is 0.479 e. The zero-order chi connectivity index (χ0) is 32.0. The predicted octanol–water partition coefficient (Wildman–Crippen LogP) is 7.94. The van der Waals surface area contributed by atoms with E-state index in [0.717, 1.165) is 73.5 Å². The molecule has 2 aromatic carbocycles. The van der Waals surface area contributed by atoms with Crippen LogP contribution in [-0.4, -0.2) is 46.2 Å². The van der Waals surface area contributed by atoms with E-state index in [0.29, 0.717) is 23.4 Å². The number of aliphatic carboxylic acids is 1. The molecule has 5 rings (SSSR count). The highest BCUT2D eigenvalue weighted by Gasteiger charge is 2.36. The number of hydrogen-bond donors (Lipinski definition) is 1. The molecule has 2 aliphatic rings.